The van der Waals surface area contributed by atoms with E-state index in [4.69, 9.17) is 5.73 Å². The van der Waals surface area contributed by atoms with Gasteiger partial charge in [-0.05, 0) is 12.0 Å². The van der Waals surface area contributed by atoms with Gasteiger partial charge in [0.1, 0.15) is 0 Å². The Morgan fingerprint density at radius 2 is 2.29 bits per heavy atom. The molecule has 1 fully saturated rings. The molecule has 0 aromatic heterocycles. The van der Waals surface area contributed by atoms with Crippen molar-refractivity contribution in [3.63, 3.8) is 0 Å². The van der Waals surface area contributed by atoms with Gasteiger partial charge in [0.15, 0.2) is 0 Å². The summed E-state index contributed by atoms with van der Waals surface area (Å²) >= 11 is 0. The van der Waals surface area contributed by atoms with Gasteiger partial charge in [-0.15, -0.1) is 0 Å². The van der Waals surface area contributed by atoms with Crippen LogP contribution in [0.5, 0.6) is 0 Å². The van der Waals surface area contributed by atoms with Gasteiger partial charge in [0, 0.05) is 31.4 Å². The van der Waals surface area contributed by atoms with E-state index in [0.29, 0.717) is 0 Å². The lowest BCUT2D eigenvalue weighted by molar-refractivity contribution is 0.324. The Hall–Kier alpha value is -0.540. The summed E-state index contributed by atoms with van der Waals surface area (Å²) in [5.74, 6) is 0. The monoisotopic (exact) mass is 197 g/mol. The molecule has 0 aromatic carbocycles. The molecule has 1 atom stereocenters. The first-order chi connectivity index (χ1) is 6.47. The molecule has 3 nitrogen and oxygen atoms in total. The Morgan fingerprint density at radius 1 is 1.64 bits per heavy atom. The van der Waals surface area contributed by atoms with Gasteiger partial charge >= 0.3 is 0 Å². The van der Waals surface area contributed by atoms with Crippen LogP contribution < -0.4 is 11.1 Å². The van der Waals surface area contributed by atoms with E-state index in [9.17, 15) is 0 Å². The molecule has 0 aromatic rings. The zero-order valence-corrected chi connectivity index (χ0v) is 9.64. The first-order valence-corrected chi connectivity index (χ1v) is 5.36. The highest BCUT2D eigenvalue weighted by molar-refractivity contribution is 5.05. The molecule has 3 N–H and O–H groups in total. The molecule has 0 saturated carbocycles. The Kier molecular flexibility index (Phi) is 3.56. The van der Waals surface area contributed by atoms with E-state index in [0.717, 1.165) is 31.9 Å². The van der Waals surface area contributed by atoms with Crippen molar-refractivity contribution in [1.29, 1.82) is 0 Å². The van der Waals surface area contributed by atoms with Crippen LogP contribution >= 0.6 is 0 Å². The Labute approximate surface area is 87.3 Å². The third-order valence-corrected chi connectivity index (χ3v) is 3.05. The molecule has 82 valence electrons. The molecular weight excluding hydrogens is 174 g/mol. The van der Waals surface area contributed by atoms with Crippen LogP contribution in [0.3, 0.4) is 0 Å². The SMILES string of the molecule is C=C(CNCC)N1C[C@@H](N)C(C)(C)C1. The normalized spacial score (nSPS) is 25.4. The van der Waals surface area contributed by atoms with Crippen molar-refractivity contribution in [2.24, 2.45) is 11.1 Å². The van der Waals surface area contributed by atoms with Crippen LogP contribution in [0.15, 0.2) is 12.3 Å². The van der Waals surface area contributed by atoms with Gasteiger partial charge in [-0.1, -0.05) is 27.4 Å². The highest BCUT2D eigenvalue weighted by Crippen LogP contribution is 2.29. The summed E-state index contributed by atoms with van der Waals surface area (Å²) in [6, 6.07) is 0.265. The number of nitrogens with two attached hydrogens (primary N) is 1. The molecule has 0 unspecified atom stereocenters. The van der Waals surface area contributed by atoms with Crippen LogP contribution in [0.2, 0.25) is 0 Å². The van der Waals surface area contributed by atoms with Gasteiger partial charge in [0.05, 0.1) is 0 Å². The smallest absolute Gasteiger partial charge is 0.0349 e. The van der Waals surface area contributed by atoms with E-state index in [2.05, 4.69) is 37.6 Å². The van der Waals surface area contributed by atoms with Crippen LogP contribution in [0.1, 0.15) is 20.8 Å². The Morgan fingerprint density at radius 3 is 2.71 bits per heavy atom. The molecule has 1 heterocycles. The van der Waals surface area contributed by atoms with E-state index >= 15 is 0 Å². The molecule has 0 bridgehead atoms. The van der Waals surface area contributed by atoms with Crippen molar-refractivity contribution in [3.05, 3.63) is 12.3 Å². The number of likely N-dealkylation sites (tertiary alicyclic amines) is 1. The van der Waals surface area contributed by atoms with Gasteiger partial charge in [0.25, 0.3) is 0 Å². The largest absolute Gasteiger partial charge is 0.372 e. The molecule has 0 radical (unpaired) electrons. The summed E-state index contributed by atoms with van der Waals surface area (Å²) in [7, 11) is 0. The van der Waals surface area contributed by atoms with Crippen LogP contribution in [-0.2, 0) is 0 Å². The average molecular weight is 197 g/mol. The van der Waals surface area contributed by atoms with Crippen molar-refractivity contribution in [1.82, 2.24) is 10.2 Å². The summed E-state index contributed by atoms with van der Waals surface area (Å²) in [5, 5.41) is 3.29. The van der Waals surface area contributed by atoms with Crippen molar-refractivity contribution < 1.29 is 0 Å². The van der Waals surface area contributed by atoms with E-state index in [1.807, 2.05) is 0 Å². The van der Waals surface area contributed by atoms with Gasteiger partial charge in [-0.3, -0.25) is 0 Å². The van der Waals surface area contributed by atoms with Crippen LogP contribution in [0.25, 0.3) is 0 Å². The molecule has 0 spiro atoms. The topological polar surface area (TPSA) is 41.3 Å². The third kappa shape index (κ3) is 2.49. The number of likely N-dealkylation sites (N-methyl/N-ethyl adjacent to an activating group) is 1. The third-order valence-electron chi connectivity index (χ3n) is 3.05. The maximum Gasteiger partial charge on any atom is 0.0349 e. The minimum Gasteiger partial charge on any atom is -0.372 e. The average Bonchev–Trinajstić information content (AvgIpc) is 2.37. The quantitative estimate of drug-likeness (QED) is 0.700. The Bertz CT molecular complexity index is 211. The predicted octanol–water partition coefficient (Wildman–Crippen LogP) is 0.779. The predicted molar refractivity (Wildman–Crippen MR) is 61.0 cm³/mol. The maximum atomic E-state index is 6.07. The zero-order valence-electron chi connectivity index (χ0n) is 9.64. The Balaban J connectivity index is 2.45. The number of hydrogen-bond acceptors (Lipinski definition) is 3. The lowest BCUT2D eigenvalue weighted by Gasteiger charge is -2.23. The summed E-state index contributed by atoms with van der Waals surface area (Å²) in [6.07, 6.45) is 0. The summed E-state index contributed by atoms with van der Waals surface area (Å²) in [5.41, 5.74) is 7.44. The number of nitrogens with one attached hydrogen (secondary N) is 1. The lowest BCUT2D eigenvalue weighted by atomic mass is 9.89. The van der Waals surface area contributed by atoms with Crippen molar-refractivity contribution in [3.8, 4) is 0 Å². The van der Waals surface area contributed by atoms with Gasteiger partial charge in [-0.25, -0.2) is 0 Å². The number of rotatable bonds is 4. The minimum atomic E-state index is 0.217. The highest BCUT2D eigenvalue weighted by Gasteiger charge is 2.36. The molecule has 1 aliphatic rings. The molecular formula is C11H23N3. The summed E-state index contributed by atoms with van der Waals surface area (Å²) in [6.45, 7) is 14.5. The molecule has 1 aliphatic heterocycles. The van der Waals surface area contributed by atoms with Gasteiger partial charge in [0.2, 0.25) is 0 Å². The fourth-order valence-corrected chi connectivity index (χ4v) is 1.78. The first kappa shape index (κ1) is 11.5. The number of hydrogen-bond donors (Lipinski definition) is 2. The van der Waals surface area contributed by atoms with E-state index < -0.39 is 0 Å². The lowest BCUT2D eigenvalue weighted by Crippen LogP contribution is -2.35. The maximum absolute atomic E-state index is 6.07. The number of nitrogens with zero attached hydrogens (tertiary/aromatic N) is 1. The molecule has 3 heteroatoms. The fraction of sp³-hybridized carbons (Fsp3) is 0.818. The summed E-state index contributed by atoms with van der Waals surface area (Å²) in [4.78, 5) is 2.30. The standard InChI is InChI=1S/C11H23N3/c1-5-13-6-9(2)14-7-10(12)11(3,4)8-14/h10,13H,2,5-8,12H2,1,3-4H3/t10-/m1/s1. The van der Waals surface area contributed by atoms with E-state index in [-0.39, 0.29) is 11.5 Å². The molecule has 0 aliphatic carbocycles. The molecule has 0 amide bonds. The second-order valence-electron chi connectivity index (χ2n) is 4.82. The highest BCUT2D eigenvalue weighted by atomic mass is 15.2. The first-order valence-electron chi connectivity index (χ1n) is 5.36. The summed E-state index contributed by atoms with van der Waals surface area (Å²) < 4.78 is 0. The van der Waals surface area contributed by atoms with Gasteiger partial charge in [-0.2, -0.15) is 0 Å². The van der Waals surface area contributed by atoms with Crippen LogP contribution in [0.4, 0.5) is 0 Å². The van der Waals surface area contributed by atoms with E-state index in [1.165, 1.54) is 0 Å². The van der Waals surface area contributed by atoms with Crippen molar-refractivity contribution >= 4 is 0 Å². The second-order valence-corrected chi connectivity index (χ2v) is 4.82. The van der Waals surface area contributed by atoms with Crippen molar-refractivity contribution in [2.75, 3.05) is 26.2 Å². The minimum absolute atomic E-state index is 0.217. The van der Waals surface area contributed by atoms with Crippen LogP contribution in [0, 0.1) is 5.41 Å². The van der Waals surface area contributed by atoms with Crippen LogP contribution in [-0.4, -0.2) is 37.1 Å². The van der Waals surface area contributed by atoms with Gasteiger partial charge < -0.3 is 16.0 Å². The zero-order chi connectivity index (χ0) is 10.8. The van der Waals surface area contributed by atoms with Crippen molar-refractivity contribution in [2.45, 2.75) is 26.8 Å². The fourth-order valence-electron chi connectivity index (χ4n) is 1.78. The molecule has 1 saturated heterocycles. The molecule has 1 rings (SSSR count). The molecule has 14 heavy (non-hydrogen) atoms. The second kappa shape index (κ2) is 4.32. The van der Waals surface area contributed by atoms with E-state index in [1.54, 1.807) is 0 Å².